The Bertz CT molecular complexity index is 712. The standard InChI is InChI=1S/C20H27NO5/c1-11-10-14-16(18(22)15(11)19(23)25-3)12(2)17(21-14)20(24)26-13-8-6-4-5-7-9-13/h11,13,15,21H,4-10H2,1-3H3/t11-,15+/m1/s1. The van der Waals surface area contributed by atoms with Crippen molar-refractivity contribution in [3.8, 4) is 0 Å². The Labute approximate surface area is 153 Å². The smallest absolute Gasteiger partial charge is 0.355 e. The van der Waals surface area contributed by atoms with Crippen LogP contribution in [0.25, 0.3) is 0 Å². The number of fused-ring (bicyclic) bond motifs is 1. The molecule has 142 valence electrons. The van der Waals surface area contributed by atoms with Gasteiger partial charge in [0.05, 0.1) is 7.11 Å². The van der Waals surface area contributed by atoms with E-state index in [1.807, 2.05) is 6.92 Å². The number of ether oxygens (including phenoxy) is 2. The molecular formula is C20H27NO5. The van der Waals surface area contributed by atoms with Crippen LogP contribution in [0.4, 0.5) is 0 Å². The third-order valence-electron chi connectivity index (χ3n) is 5.69. The van der Waals surface area contributed by atoms with Crippen LogP contribution in [0.5, 0.6) is 0 Å². The maximum Gasteiger partial charge on any atom is 0.355 e. The first kappa shape index (κ1) is 18.7. The number of aromatic amines is 1. The summed E-state index contributed by atoms with van der Waals surface area (Å²) < 4.78 is 10.5. The van der Waals surface area contributed by atoms with Crippen molar-refractivity contribution in [1.82, 2.24) is 4.98 Å². The van der Waals surface area contributed by atoms with Crippen molar-refractivity contribution in [3.63, 3.8) is 0 Å². The minimum atomic E-state index is -0.812. The maximum absolute atomic E-state index is 12.8. The number of methoxy groups -OCH3 is 1. The minimum Gasteiger partial charge on any atom is -0.468 e. The van der Waals surface area contributed by atoms with E-state index in [0.29, 0.717) is 28.9 Å². The van der Waals surface area contributed by atoms with Gasteiger partial charge in [0.25, 0.3) is 0 Å². The molecule has 2 atom stereocenters. The second-order valence-corrected chi connectivity index (χ2v) is 7.54. The predicted octanol–water partition coefficient (Wildman–Crippen LogP) is 3.37. The van der Waals surface area contributed by atoms with E-state index < -0.39 is 17.9 Å². The highest BCUT2D eigenvalue weighted by Crippen LogP contribution is 2.34. The van der Waals surface area contributed by atoms with Crippen molar-refractivity contribution in [2.24, 2.45) is 11.8 Å². The second kappa shape index (κ2) is 7.64. The number of H-pyrrole nitrogens is 1. The number of hydrogen-bond acceptors (Lipinski definition) is 5. The molecule has 0 spiro atoms. The van der Waals surface area contributed by atoms with Crippen LogP contribution in [0, 0.1) is 18.8 Å². The fraction of sp³-hybridized carbons (Fsp3) is 0.650. The van der Waals surface area contributed by atoms with Gasteiger partial charge < -0.3 is 14.5 Å². The summed E-state index contributed by atoms with van der Waals surface area (Å²) in [5, 5.41) is 0. The molecule has 0 unspecified atom stereocenters. The summed E-state index contributed by atoms with van der Waals surface area (Å²) in [6.45, 7) is 3.59. The van der Waals surface area contributed by atoms with Gasteiger partial charge in [-0.15, -0.1) is 0 Å². The molecule has 1 fully saturated rings. The molecular weight excluding hydrogens is 334 g/mol. The average Bonchev–Trinajstić information content (AvgIpc) is 2.77. The molecule has 1 aromatic rings. The zero-order chi connectivity index (χ0) is 18.8. The lowest BCUT2D eigenvalue weighted by Crippen LogP contribution is -2.36. The SMILES string of the molecule is COC(=O)[C@@H]1C(=O)c2c([nH]c(C(=O)OC3CCCCCC3)c2C)C[C@H]1C. The van der Waals surface area contributed by atoms with Gasteiger partial charge >= 0.3 is 11.9 Å². The molecule has 1 aromatic heterocycles. The van der Waals surface area contributed by atoms with Gasteiger partial charge in [-0.2, -0.15) is 0 Å². The molecule has 2 aliphatic carbocycles. The number of rotatable bonds is 3. The molecule has 0 aliphatic heterocycles. The first-order valence-electron chi connectivity index (χ1n) is 9.48. The summed E-state index contributed by atoms with van der Waals surface area (Å²) in [4.78, 5) is 40.6. The van der Waals surface area contributed by atoms with E-state index in [2.05, 4.69) is 4.98 Å². The highest BCUT2D eigenvalue weighted by Gasteiger charge is 2.42. The van der Waals surface area contributed by atoms with Crippen molar-refractivity contribution in [3.05, 3.63) is 22.5 Å². The summed E-state index contributed by atoms with van der Waals surface area (Å²) in [7, 11) is 1.29. The van der Waals surface area contributed by atoms with Crippen LogP contribution < -0.4 is 0 Å². The summed E-state index contributed by atoms with van der Waals surface area (Å²) in [5.41, 5.74) is 2.08. The highest BCUT2D eigenvalue weighted by atomic mass is 16.5. The Kier molecular flexibility index (Phi) is 5.49. The van der Waals surface area contributed by atoms with Gasteiger partial charge in [0.1, 0.15) is 17.7 Å². The average molecular weight is 361 g/mol. The van der Waals surface area contributed by atoms with Crippen molar-refractivity contribution in [2.75, 3.05) is 7.11 Å². The quantitative estimate of drug-likeness (QED) is 0.507. The molecule has 0 bridgehead atoms. The number of carbonyl (C=O) groups is 3. The topological polar surface area (TPSA) is 85.5 Å². The molecule has 26 heavy (non-hydrogen) atoms. The van der Waals surface area contributed by atoms with Crippen molar-refractivity contribution < 1.29 is 23.9 Å². The van der Waals surface area contributed by atoms with E-state index in [1.165, 1.54) is 20.0 Å². The lowest BCUT2D eigenvalue weighted by molar-refractivity contribution is -0.145. The van der Waals surface area contributed by atoms with Crippen LogP contribution in [0.3, 0.4) is 0 Å². The fourth-order valence-corrected chi connectivity index (χ4v) is 4.24. The summed E-state index contributed by atoms with van der Waals surface area (Å²) in [6.07, 6.45) is 6.79. The van der Waals surface area contributed by atoms with Crippen LogP contribution in [0.15, 0.2) is 0 Å². The molecule has 1 N–H and O–H groups in total. The Balaban J connectivity index is 1.83. The molecule has 0 aromatic carbocycles. The Morgan fingerprint density at radius 1 is 1.12 bits per heavy atom. The maximum atomic E-state index is 12.8. The zero-order valence-corrected chi connectivity index (χ0v) is 15.7. The van der Waals surface area contributed by atoms with Gasteiger partial charge in [0, 0.05) is 11.3 Å². The zero-order valence-electron chi connectivity index (χ0n) is 15.7. The Hall–Kier alpha value is -2.11. The van der Waals surface area contributed by atoms with Gasteiger partial charge in [-0.05, 0) is 50.5 Å². The molecule has 0 saturated heterocycles. The molecule has 0 radical (unpaired) electrons. The monoisotopic (exact) mass is 361 g/mol. The third kappa shape index (κ3) is 3.41. The van der Waals surface area contributed by atoms with Crippen LogP contribution in [-0.4, -0.2) is 35.9 Å². The lowest BCUT2D eigenvalue weighted by Gasteiger charge is -2.25. The number of esters is 2. The van der Waals surface area contributed by atoms with Crippen molar-refractivity contribution in [2.45, 2.75) is 64.9 Å². The van der Waals surface area contributed by atoms with Gasteiger partial charge in [0.2, 0.25) is 0 Å². The van der Waals surface area contributed by atoms with Crippen LogP contribution in [-0.2, 0) is 20.7 Å². The van der Waals surface area contributed by atoms with E-state index in [0.717, 1.165) is 25.7 Å². The summed E-state index contributed by atoms with van der Waals surface area (Å²) in [6, 6.07) is 0. The van der Waals surface area contributed by atoms with E-state index in [9.17, 15) is 14.4 Å². The van der Waals surface area contributed by atoms with E-state index in [4.69, 9.17) is 9.47 Å². The Morgan fingerprint density at radius 3 is 2.38 bits per heavy atom. The van der Waals surface area contributed by atoms with Gasteiger partial charge in [0.15, 0.2) is 5.78 Å². The molecule has 3 rings (SSSR count). The van der Waals surface area contributed by atoms with Crippen molar-refractivity contribution >= 4 is 17.7 Å². The largest absolute Gasteiger partial charge is 0.468 e. The van der Waals surface area contributed by atoms with E-state index in [-0.39, 0.29) is 17.8 Å². The molecule has 1 saturated carbocycles. The number of nitrogens with one attached hydrogen (secondary N) is 1. The summed E-state index contributed by atoms with van der Waals surface area (Å²) in [5.74, 6) is -2.18. The molecule has 6 heteroatoms. The van der Waals surface area contributed by atoms with Gasteiger partial charge in [-0.25, -0.2) is 4.79 Å². The number of hydrogen-bond donors (Lipinski definition) is 1. The summed E-state index contributed by atoms with van der Waals surface area (Å²) >= 11 is 0. The van der Waals surface area contributed by atoms with Gasteiger partial charge in [-0.1, -0.05) is 19.8 Å². The molecule has 0 amide bonds. The van der Waals surface area contributed by atoms with E-state index >= 15 is 0 Å². The molecule has 6 nitrogen and oxygen atoms in total. The molecule has 2 aliphatic rings. The Morgan fingerprint density at radius 2 is 1.77 bits per heavy atom. The number of aromatic nitrogens is 1. The number of carbonyl (C=O) groups excluding carboxylic acids is 3. The minimum absolute atomic E-state index is 0.0535. The van der Waals surface area contributed by atoms with Crippen LogP contribution >= 0.6 is 0 Å². The molecule has 1 heterocycles. The fourth-order valence-electron chi connectivity index (χ4n) is 4.24. The second-order valence-electron chi connectivity index (χ2n) is 7.54. The van der Waals surface area contributed by atoms with E-state index in [1.54, 1.807) is 6.92 Å². The van der Waals surface area contributed by atoms with Crippen molar-refractivity contribution in [1.29, 1.82) is 0 Å². The van der Waals surface area contributed by atoms with Crippen LogP contribution in [0.1, 0.15) is 77.6 Å². The van der Waals surface area contributed by atoms with Crippen LogP contribution in [0.2, 0.25) is 0 Å². The highest BCUT2D eigenvalue weighted by molar-refractivity contribution is 6.12. The van der Waals surface area contributed by atoms with Gasteiger partial charge in [-0.3, -0.25) is 9.59 Å². The third-order valence-corrected chi connectivity index (χ3v) is 5.69. The number of Topliss-reactive ketones (excluding diaryl/α,β-unsaturated/α-hetero) is 1. The normalized spacial score (nSPS) is 23.9. The first-order valence-corrected chi connectivity index (χ1v) is 9.48. The first-order chi connectivity index (χ1) is 12.4. The lowest BCUT2D eigenvalue weighted by atomic mass is 9.77. The predicted molar refractivity (Wildman–Crippen MR) is 95.1 cm³/mol. The number of ketones is 1.